The van der Waals surface area contributed by atoms with E-state index in [1.807, 2.05) is 37.4 Å². The van der Waals surface area contributed by atoms with Crippen molar-refractivity contribution in [1.82, 2.24) is 0 Å². The molecule has 0 unspecified atom stereocenters. The second-order valence-corrected chi connectivity index (χ2v) is 7.52. The van der Waals surface area contributed by atoms with Gasteiger partial charge < -0.3 is 10.1 Å². The molecule has 1 N–H and O–H groups in total. The SMILES string of the molecule is Cc1cccc(C)c1OCc1csc(C(=O)Nc2cc([N+](=O)[O-])ccc2Cl)c1. The second-order valence-electron chi connectivity index (χ2n) is 6.20. The predicted octanol–water partition coefficient (Wildman–Crippen LogP) is 5.76. The van der Waals surface area contributed by atoms with E-state index in [0.29, 0.717) is 11.5 Å². The number of halogens is 1. The van der Waals surface area contributed by atoms with Gasteiger partial charge in [-0.3, -0.25) is 14.9 Å². The average Bonchev–Trinajstić information content (AvgIpc) is 3.12. The van der Waals surface area contributed by atoms with E-state index in [-0.39, 0.29) is 22.3 Å². The van der Waals surface area contributed by atoms with Crippen molar-refractivity contribution < 1.29 is 14.5 Å². The van der Waals surface area contributed by atoms with E-state index in [1.54, 1.807) is 6.07 Å². The van der Waals surface area contributed by atoms with Crippen LogP contribution in [-0.2, 0) is 6.61 Å². The van der Waals surface area contributed by atoms with Crippen LogP contribution in [0.1, 0.15) is 26.4 Å². The summed E-state index contributed by atoms with van der Waals surface area (Å²) in [5.41, 5.74) is 3.01. The average molecular weight is 417 g/mol. The molecule has 1 heterocycles. The molecule has 1 amide bonds. The van der Waals surface area contributed by atoms with Gasteiger partial charge in [-0.2, -0.15) is 0 Å². The number of carbonyl (C=O) groups excluding carboxylic acids is 1. The number of benzene rings is 2. The molecule has 0 saturated heterocycles. The molecule has 2 aromatic carbocycles. The molecule has 0 atom stereocenters. The Labute approximate surface area is 170 Å². The predicted molar refractivity (Wildman–Crippen MR) is 111 cm³/mol. The zero-order valence-corrected chi connectivity index (χ0v) is 16.8. The van der Waals surface area contributed by atoms with Crippen molar-refractivity contribution in [2.24, 2.45) is 0 Å². The molecule has 0 bridgehead atoms. The first-order valence-corrected chi connectivity index (χ1v) is 9.62. The van der Waals surface area contributed by atoms with Crippen molar-refractivity contribution in [1.29, 1.82) is 0 Å². The van der Waals surface area contributed by atoms with E-state index in [2.05, 4.69) is 5.32 Å². The quantitative estimate of drug-likeness (QED) is 0.409. The van der Waals surface area contributed by atoms with E-state index >= 15 is 0 Å². The Kier molecular flexibility index (Phi) is 5.96. The maximum atomic E-state index is 12.5. The third-order valence-electron chi connectivity index (χ3n) is 4.08. The number of hydrogen-bond donors (Lipinski definition) is 1. The third-order valence-corrected chi connectivity index (χ3v) is 5.39. The van der Waals surface area contributed by atoms with Crippen LogP contribution in [-0.4, -0.2) is 10.8 Å². The molecule has 144 valence electrons. The van der Waals surface area contributed by atoms with Gasteiger partial charge in [0.25, 0.3) is 11.6 Å². The van der Waals surface area contributed by atoms with Gasteiger partial charge in [0.05, 0.1) is 20.5 Å². The van der Waals surface area contributed by atoms with Gasteiger partial charge in [0.15, 0.2) is 0 Å². The zero-order valence-electron chi connectivity index (χ0n) is 15.2. The maximum absolute atomic E-state index is 12.5. The first-order chi connectivity index (χ1) is 13.3. The molecular formula is C20H17ClN2O4S. The number of ether oxygens (including phenoxy) is 1. The van der Waals surface area contributed by atoms with Gasteiger partial charge in [-0.15, -0.1) is 11.3 Å². The number of carbonyl (C=O) groups is 1. The number of anilines is 1. The summed E-state index contributed by atoms with van der Waals surface area (Å²) in [6.45, 7) is 4.31. The molecule has 0 fully saturated rings. The highest BCUT2D eigenvalue weighted by molar-refractivity contribution is 7.12. The maximum Gasteiger partial charge on any atom is 0.271 e. The van der Waals surface area contributed by atoms with Crippen LogP contribution in [0.4, 0.5) is 11.4 Å². The van der Waals surface area contributed by atoms with Crippen molar-refractivity contribution in [3.8, 4) is 5.75 Å². The molecule has 1 aromatic heterocycles. The van der Waals surface area contributed by atoms with Gasteiger partial charge in [0.2, 0.25) is 0 Å². The van der Waals surface area contributed by atoms with E-state index < -0.39 is 4.92 Å². The third kappa shape index (κ3) is 4.49. The second kappa shape index (κ2) is 8.41. The van der Waals surface area contributed by atoms with E-state index in [0.717, 1.165) is 22.4 Å². The number of nitrogens with zero attached hydrogens (tertiary/aromatic N) is 1. The molecule has 3 rings (SSSR count). The molecule has 3 aromatic rings. The van der Waals surface area contributed by atoms with E-state index in [4.69, 9.17) is 16.3 Å². The van der Waals surface area contributed by atoms with E-state index in [1.165, 1.54) is 29.5 Å². The fourth-order valence-corrected chi connectivity index (χ4v) is 3.62. The topological polar surface area (TPSA) is 81.5 Å². The number of nitrogens with one attached hydrogen (secondary N) is 1. The fraction of sp³-hybridized carbons (Fsp3) is 0.150. The van der Waals surface area contributed by atoms with Gasteiger partial charge >= 0.3 is 0 Å². The number of nitro benzene ring substituents is 1. The number of aryl methyl sites for hydroxylation is 2. The minimum atomic E-state index is -0.542. The Bertz CT molecular complexity index is 1030. The van der Waals surface area contributed by atoms with Gasteiger partial charge in [-0.25, -0.2) is 0 Å². The molecule has 28 heavy (non-hydrogen) atoms. The first-order valence-electron chi connectivity index (χ1n) is 8.37. The number of thiophene rings is 1. The highest BCUT2D eigenvalue weighted by atomic mass is 35.5. The molecule has 0 spiro atoms. The van der Waals surface area contributed by atoms with Gasteiger partial charge in [-0.05, 0) is 42.5 Å². The first kappa shape index (κ1) is 19.9. The highest BCUT2D eigenvalue weighted by Gasteiger charge is 2.15. The van der Waals surface area contributed by atoms with Crippen molar-refractivity contribution in [2.45, 2.75) is 20.5 Å². The molecule has 0 aliphatic heterocycles. The molecule has 0 saturated carbocycles. The van der Waals surface area contributed by atoms with Crippen molar-refractivity contribution >= 4 is 40.2 Å². The van der Waals surface area contributed by atoms with Crippen LogP contribution in [0.15, 0.2) is 47.8 Å². The molecule has 0 aliphatic rings. The van der Waals surface area contributed by atoms with Crippen molar-refractivity contribution in [3.05, 3.63) is 84.5 Å². The van der Waals surface area contributed by atoms with Crippen LogP contribution in [0.2, 0.25) is 5.02 Å². The van der Waals surface area contributed by atoms with E-state index in [9.17, 15) is 14.9 Å². The summed E-state index contributed by atoms with van der Waals surface area (Å²) in [7, 11) is 0. The lowest BCUT2D eigenvalue weighted by Crippen LogP contribution is -2.11. The monoisotopic (exact) mass is 416 g/mol. The summed E-state index contributed by atoms with van der Waals surface area (Å²) < 4.78 is 5.91. The minimum absolute atomic E-state index is 0.145. The summed E-state index contributed by atoms with van der Waals surface area (Å²) in [5.74, 6) is 0.453. The highest BCUT2D eigenvalue weighted by Crippen LogP contribution is 2.28. The minimum Gasteiger partial charge on any atom is -0.488 e. The normalized spacial score (nSPS) is 10.5. The van der Waals surface area contributed by atoms with Gasteiger partial charge in [0, 0.05) is 17.7 Å². The standard InChI is InChI=1S/C20H17ClN2O4S/c1-12-4-3-5-13(2)19(12)27-10-14-8-18(28-11-14)20(24)22-17-9-15(23(25)26)6-7-16(17)21/h3-9,11H,10H2,1-2H3,(H,22,24). The number of para-hydroxylation sites is 1. The smallest absolute Gasteiger partial charge is 0.271 e. The van der Waals surface area contributed by atoms with Crippen LogP contribution >= 0.6 is 22.9 Å². The lowest BCUT2D eigenvalue weighted by molar-refractivity contribution is -0.384. The summed E-state index contributed by atoms with van der Waals surface area (Å²) >= 11 is 7.30. The van der Waals surface area contributed by atoms with Crippen LogP contribution in [0.5, 0.6) is 5.75 Å². The van der Waals surface area contributed by atoms with Crippen LogP contribution in [0, 0.1) is 24.0 Å². The van der Waals surface area contributed by atoms with Crippen LogP contribution in [0.25, 0.3) is 0 Å². The van der Waals surface area contributed by atoms with Crippen LogP contribution in [0.3, 0.4) is 0 Å². The number of non-ortho nitro benzene ring substituents is 1. The van der Waals surface area contributed by atoms with Crippen LogP contribution < -0.4 is 10.1 Å². The van der Waals surface area contributed by atoms with Gasteiger partial charge in [-0.1, -0.05) is 29.8 Å². The van der Waals surface area contributed by atoms with Crippen molar-refractivity contribution in [3.63, 3.8) is 0 Å². The summed E-state index contributed by atoms with van der Waals surface area (Å²) in [5, 5.41) is 15.6. The van der Waals surface area contributed by atoms with Gasteiger partial charge in [0.1, 0.15) is 12.4 Å². The molecule has 0 aliphatic carbocycles. The molecule has 6 nitrogen and oxygen atoms in total. The molecule has 0 radical (unpaired) electrons. The Morgan fingerprint density at radius 3 is 2.61 bits per heavy atom. The zero-order chi connectivity index (χ0) is 20.3. The number of hydrogen-bond acceptors (Lipinski definition) is 5. The summed E-state index contributed by atoms with van der Waals surface area (Å²) in [6, 6.07) is 11.6. The Morgan fingerprint density at radius 1 is 1.21 bits per heavy atom. The Hall–Kier alpha value is -2.90. The van der Waals surface area contributed by atoms with Crippen molar-refractivity contribution in [2.75, 3.05) is 5.32 Å². The molecule has 8 heteroatoms. The Morgan fingerprint density at radius 2 is 1.93 bits per heavy atom. The number of amides is 1. The Balaban J connectivity index is 1.69. The largest absolute Gasteiger partial charge is 0.488 e. The number of rotatable bonds is 6. The fourth-order valence-electron chi connectivity index (χ4n) is 2.66. The lowest BCUT2D eigenvalue weighted by Gasteiger charge is -2.11. The molecular weight excluding hydrogens is 400 g/mol. The number of nitro groups is 1. The summed E-state index contributed by atoms with van der Waals surface area (Å²) in [6.07, 6.45) is 0. The lowest BCUT2D eigenvalue weighted by atomic mass is 10.1. The summed E-state index contributed by atoms with van der Waals surface area (Å²) in [4.78, 5) is 23.3.